The molecule has 6 heteroatoms. The molecule has 0 saturated carbocycles. The van der Waals surface area contributed by atoms with Crippen LogP contribution in [0.3, 0.4) is 0 Å². The van der Waals surface area contributed by atoms with Gasteiger partial charge in [0.15, 0.2) is 0 Å². The topological polar surface area (TPSA) is 21.3 Å². The van der Waals surface area contributed by atoms with Gasteiger partial charge in [-0.2, -0.15) is 0 Å². The summed E-state index contributed by atoms with van der Waals surface area (Å²) in [4.78, 5) is 1.20. The lowest BCUT2D eigenvalue weighted by molar-refractivity contribution is -0.274. The van der Waals surface area contributed by atoms with Gasteiger partial charge in [-0.15, -0.1) is 24.5 Å². The number of halogens is 3. The second-order valence-electron chi connectivity index (χ2n) is 4.25. The maximum absolute atomic E-state index is 12.1. The van der Waals surface area contributed by atoms with E-state index >= 15 is 0 Å². The third-order valence-electron chi connectivity index (χ3n) is 2.83. The number of thiophene rings is 1. The zero-order valence-corrected chi connectivity index (χ0v) is 11.6. The van der Waals surface area contributed by atoms with Crippen molar-refractivity contribution in [2.75, 3.05) is 7.05 Å². The van der Waals surface area contributed by atoms with E-state index in [1.54, 1.807) is 23.5 Å². The number of benzene rings is 1. The Labute approximate surface area is 119 Å². The van der Waals surface area contributed by atoms with Gasteiger partial charge in [0.1, 0.15) is 5.75 Å². The molecule has 0 aliphatic heterocycles. The average molecular weight is 301 g/mol. The van der Waals surface area contributed by atoms with E-state index in [0.29, 0.717) is 6.42 Å². The second kappa shape index (κ2) is 6.28. The zero-order chi connectivity index (χ0) is 14.6. The van der Waals surface area contributed by atoms with Crippen LogP contribution in [0, 0.1) is 0 Å². The highest BCUT2D eigenvalue weighted by Gasteiger charge is 2.30. The molecule has 108 valence electrons. The van der Waals surface area contributed by atoms with Gasteiger partial charge in [-0.05, 0) is 42.6 Å². The number of rotatable bonds is 5. The van der Waals surface area contributed by atoms with Crippen molar-refractivity contribution in [3.8, 4) is 5.75 Å². The Morgan fingerprint density at radius 2 is 1.90 bits per heavy atom. The van der Waals surface area contributed by atoms with Crippen LogP contribution in [0.25, 0.3) is 0 Å². The molecule has 0 amide bonds. The molecule has 1 N–H and O–H groups in total. The van der Waals surface area contributed by atoms with Gasteiger partial charge < -0.3 is 10.1 Å². The quantitative estimate of drug-likeness (QED) is 0.896. The van der Waals surface area contributed by atoms with Crippen LogP contribution < -0.4 is 10.1 Å². The summed E-state index contributed by atoms with van der Waals surface area (Å²) in [6.45, 7) is 0. The van der Waals surface area contributed by atoms with Crippen molar-refractivity contribution in [3.63, 3.8) is 0 Å². The van der Waals surface area contributed by atoms with Crippen molar-refractivity contribution in [2.45, 2.75) is 18.8 Å². The molecule has 1 aromatic heterocycles. The minimum Gasteiger partial charge on any atom is -0.406 e. The molecular formula is C14H14F3NOS. The Bertz CT molecular complexity index is 522. The number of hydrogen-bond acceptors (Lipinski definition) is 3. The lowest BCUT2D eigenvalue weighted by atomic mass is 10.0. The summed E-state index contributed by atoms with van der Waals surface area (Å²) in [5, 5.41) is 5.20. The van der Waals surface area contributed by atoms with Crippen molar-refractivity contribution in [3.05, 3.63) is 52.2 Å². The lowest BCUT2D eigenvalue weighted by Crippen LogP contribution is -2.18. The van der Waals surface area contributed by atoms with Gasteiger partial charge in [0.2, 0.25) is 0 Å². The fourth-order valence-corrected chi connectivity index (χ4v) is 2.73. The fourth-order valence-electron chi connectivity index (χ4n) is 1.90. The molecule has 1 heterocycles. The van der Waals surface area contributed by atoms with E-state index in [2.05, 4.69) is 10.1 Å². The van der Waals surface area contributed by atoms with Crippen molar-refractivity contribution in [1.29, 1.82) is 0 Å². The van der Waals surface area contributed by atoms with Crippen LogP contribution in [0.15, 0.2) is 41.8 Å². The van der Waals surface area contributed by atoms with Crippen LogP contribution in [0.4, 0.5) is 13.2 Å². The summed E-state index contributed by atoms with van der Waals surface area (Å²) in [7, 11) is 1.87. The smallest absolute Gasteiger partial charge is 0.406 e. The molecule has 1 unspecified atom stereocenters. The minimum absolute atomic E-state index is 0.157. The molecule has 2 aromatic rings. The summed E-state index contributed by atoms with van der Waals surface area (Å²) in [5.41, 5.74) is 0.951. The highest BCUT2D eigenvalue weighted by atomic mass is 32.1. The highest BCUT2D eigenvalue weighted by molar-refractivity contribution is 7.10. The molecule has 0 aliphatic rings. The van der Waals surface area contributed by atoms with Crippen molar-refractivity contribution >= 4 is 11.3 Å². The normalized spacial score (nSPS) is 13.2. The SMILES string of the molecule is CNC(Cc1ccc(OC(F)(F)F)cc1)c1cccs1. The van der Waals surface area contributed by atoms with Crippen molar-refractivity contribution in [1.82, 2.24) is 5.32 Å². The predicted molar refractivity (Wildman–Crippen MR) is 72.9 cm³/mol. The van der Waals surface area contributed by atoms with Crippen molar-refractivity contribution < 1.29 is 17.9 Å². The first-order chi connectivity index (χ1) is 9.48. The number of nitrogens with one attached hydrogen (secondary N) is 1. The van der Waals surface area contributed by atoms with E-state index in [9.17, 15) is 13.2 Å². The summed E-state index contributed by atoms with van der Waals surface area (Å²) in [6.07, 6.45) is -3.94. The molecule has 0 saturated heterocycles. The number of likely N-dealkylation sites (N-methyl/N-ethyl adjacent to an activating group) is 1. The van der Waals surface area contributed by atoms with Crippen LogP contribution >= 0.6 is 11.3 Å². The number of ether oxygens (including phenoxy) is 1. The first-order valence-corrected chi connectivity index (χ1v) is 6.91. The van der Waals surface area contributed by atoms with Crippen molar-refractivity contribution in [2.24, 2.45) is 0 Å². The van der Waals surface area contributed by atoms with Gasteiger partial charge in [0.25, 0.3) is 0 Å². The van der Waals surface area contributed by atoms with Gasteiger partial charge in [-0.3, -0.25) is 0 Å². The standard InChI is InChI=1S/C14H14F3NOS/c1-18-12(13-3-2-8-20-13)9-10-4-6-11(7-5-10)19-14(15,16)17/h2-8,12,18H,9H2,1H3. The zero-order valence-electron chi connectivity index (χ0n) is 10.8. The van der Waals surface area contributed by atoms with Gasteiger partial charge in [-0.1, -0.05) is 18.2 Å². The second-order valence-corrected chi connectivity index (χ2v) is 5.23. The summed E-state index contributed by atoms with van der Waals surface area (Å²) >= 11 is 1.65. The van der Waals surface area contributed by atoms with Gasteiger partial charge in [0.05, 0.1) is 0 Å². The van der Waals surface area contributed by atoms with E-state index < -0.39 is 6.36 Å². The molecule has 20 heavy (non-hydrogen) atoms. The lowest BCUT2D eigenvalue weighted by Gasteiger charge is -2.15. The van der Waals surface area contributed by atoms with E-state index in [1.165, 1.54) is 17.0 Å². The largest absolute Gasteiger partial charge is 0.573 e. The van der Waals surface area contributed by atoms with Gasteiger partial charge in [-0.25, -0.2) is 0 Å². The fraction of sp³-hybridized carbons (Fsp3) is 0.286. The van der Waals surface area contributed by atoms with E-state index in [-0.39, 0.29) is 11.8 Å². The molecule has 1 atom stereocenters. The third kappa shape index (κ3) is 4.25. The molecule has 0 bridgehead atoms. The maximum Gasteiger partial charge on any atom is 0.573 e. The predicted octanol–water partition coefficient (Wildman–Crippen LogP) is 4.15. The molecule has 0 radical (unpaired) electrons. The Balaban J connectivity index is 2.03. The van der Waals surface area contributed by atoms with Crippen LogP contribution in [0.5, 0.6) is 5.75 Å². The maximum atomic E-state index is 12.1. The number of alkyl halides is 3. The van der Waals surface area contributed by atoms with Gasteiger partial charge >= 0.3 is 6.36 Å². The summed E-state index contributed by atoms with van der Waals surface area (Å²) in [5.74, 6) is -0.196. The Morgan fingerprint density at radius 3 is 2.40 bits per heavy atom. The minimum atomic E-state index is -4.65. The molecule has 0 fully saturated rings. The summed E-state index contributed by atoms with van der Waals surface area (Å²) in [6, 6.07) is 10.1. The van der Waals surface area contributed by atoms with E-state index in [0.717, 1.165) is 5.56 Å². The Hall–Kier alpha value is -1.53. The van der Waals surface area contributed by atoms with Crippen LogP contribution in [0.1, 0.15) is 16.5 Å². The van der Waals surface area contributed by atoms with E-state index in [4.69, 9.17) is 0 Å². The Morgan fingerprint density at radius 1 is 1.20 bits per heavy atom. The molecular weight excluding hydrogens is 287 g/mol. The first kappa shape index (κ1) is 14.9. The van der Waals surface area contributed by atoms with Crippen LogP contribution in [-0.2, 0) is 6.42 Å². The van der Waals surface area contributed by atoms with E-state index in [1.807, 2.05) is 24.6 Å². The molecule has 2 rings (SSSR count). The molecule has 2 nitrogen and oxygen atoms in total. The van der Waals surface area contributed by atoms with Crippen LogP contribution in [-0.4, -0.2) is 13.4 Å². The monoisotopic (exact) mass is 301 g/mol. The Kier molecular flexibility index (Phi) is 4.67. The number of hydrogen-bond donors (Lipinski definition) is 1. The third-order valence-corrected chi connectivity index (χ3v) is 3.82. The molecule has 0 spiro atoms. The van der Waals surface area contributed by atoms with Gasteiger partial charge in [0, 0.05) is 10.9 Å². The first-order valence-electron chi connectivity index (χ1n) is 6.03. The summed E-state index contributed by atoms with van der Waals surface area (Å²) < 4.78 is 40.0. The average Bonchev–Trinajstić information content (AvgIpc) is 2.90. The molecule has 1 aromatic carbocycles. The molecule has 0 aliphatic carbocycles. The van der Waals surface area contributed by atoms with Crippen LogP contribution in [0.2, 0.25) is 0 Å². The highest BCUT2D eigenvalue weighted by Crippen LogP contribution is 2.26.